The number of aromatic nitrogens is 3. The first kappa shape index (κ1) is 16.0. The Bertz CT molecular complexity index is 624. The zero-order chi connectivity index (χ0) is 15.4. The Balaban J connectivity index is 1.91. The molecule has 5 nitrogen and oxygen atoms in total. The van der Waals surface area contributed by atoms with E-state index < -0.39 is 0 Å². The van der Waals surface area contributed by atoms with Crippen molar-refractivity contribution in [2.75, 3.05) is 11.1 Å². The van der Waals surface area contributed by atoms with E-state index in [0.29, 0.717) is 11.7 Å². The molecule has 0 aliphatic heterocycles. The van der Waals surface area contributed by atoms with Crippen molar-refractivity contribution in [1.82, 2.24) is 14.8 Å². The van der Waals surface area contributed by atoms with Crippen LogP contribution in [0.4, 0.5) is 5.69 Å². The quantitative estimate of drug-likeness (QED) is 0.821. The molecule has 1 N–H and O–H groups in total. The SMILES string of the molecule is CC(C)c1nnc(SCC(=O)Nc2ccc(Br)cc2)n1C. The maximum absolute atomic E-state index is 11.9. The molecule has 0 bridgehead atoms. The molecule has 0 fully saturated rings. The zero-order valence-corrected chi connectivity index (χ0v) is 14.5. The lowest BCUT2D eigenvalue weighted by atomic mass is 10.2. The Hall–Kier alpha value is -1.34. The fourth-order valence-corrected chi connectivity index (χ4v) is 2.80. The van der Waals surface area contributed by atoms with Crippen LogP contribution in [0.15, 0.2) is 33.9 Å². The number of rotatable bonds is 5. The first-order valence-electron chi connectivity index (χ1n) is 6.55. The van der Waals surface area contributed by atoms with Crippen LogP contribution in [0.2, 0.25) is 0 Å². The molecule has 0 spiro atoms. The van der Waals surface area contributed by atoms with E-state index in [2.05, 4.69) is 45.3 Å². The fraction of sp³-hybridized carbons (Fsp3) is 0.357. The molecule has 2 aromatic rings. The standard InChI is InChI=1S/C14H17BrN4OS/c1-9(2)13-17-18-14(19(13)3)21-8-12(20)16-11-6-4-10(15)5-7-11/h4-7,9H,8H2,1-3H3,(H,16,20). The Morgan fingerprint density at radius 3 is 2.57 bits per heavy atom. The molecular formula is C14H17BrN4OS. The van der Waals surface area contributed by atoms with E-state index in [1.54, 1.807) is 0 Å². The number of carbonyl (C=O) groups excluding carboxylic acids is 1. The van der Waals surface area contributed by atoms with E-state index in [-0.39, 0.29) is 5.91 Å². The van der Waals surface area contributed by atoms with Gasteiger partial charge in [-0.05, 0) is 24.3 Å². The van der Waals surface area contributed by atoms with Crippen molar-refractivity contribution in [3.05, 3.63) is 34.6 Å². The predicted octanol–water partition coefficient (Wildman–Crippen LogP) is 3.43. The minimum atomic E-state index is -0.0589. The summed E-state index contributed by atoms with van der Waals surface area (Å²) >= 11 is 4.74. The second kappa shape index (κ2) is 7.09. The molecule has 1 amide bonds. The van der Waals surface area contributed by atoms with Gasteiger partial charge in [-0.3, -0.25) is 4.79 Å². The van der Waals surface area contributed by atoms with Crippen LogP contribution in [0.3, 0.4) is 0 Å². The molecule has 0 atom stereocenters. The average molecular weight is 369 g/mol. The number of halogens is 1. The van der Waals surface area contributed by atoms with Crippen molar-refractivity contribution in [2.45, 2.75) is 24.9 Å². The first-order valence-corrected chi connectivity index (χ1v) is 8.32. The zero-order valence-electron chi connectivity index (χ0n) is 12.1. The summed E-state index contributed by atoms with van der Waals surface area (Å²) < 4.78 is 2.91. The van der Waals surface area contributed by atoms with Gasteiger partial charge in [0.1, 0.15) is 5.82 Å². The molecule has 112 valence electrons. The topological polar surface area (TPSA) is 59.8 Å². The summed E-state index contributed by atoms with van der Waals surface area (Å²) in [6.45, 7) is 4.14. The van der Waals surface area contributed by atoms with Gasteiger partial charge in [-0.15, -0.1) is 10.2 Å². The van der Waals surface area contributed by atoms with Crippen LogP contribution in [0.5, 0.6) is 0 Å². The highest BCUT2D eigenvalue weighted by molar-refractivity contribution is 9.10. The molecule has 7 heteroatoms. The Morgan fingerprint density at radius 1 is 1.33 bits per heavy atom. The molecular weight excluding hydrogens is 352 g/mol. The molecule has 0 aliphatic rings. The Kier molecular flexibility index (Phi) is 5.41. The lowest BCUT2D eigenvalue weighted by Gasteiger charge is -2.06. The second-order valence-electron chi connectivity index (χ2n) is 4.90. The third-order valence-electron chi connectivity index (χ3n) is 2.85. The number of benzene rings is 1. The van der Waals surface area contributed by atoms with Gasteiger partial charge in [-0.1, -0.05) is 41.5 Å². The van der Waals surface area contributed by atoms with Gasteiger partial charge in [-0.2, -0.15) is 0 Å². The third-order valence-corrected chi connectivity index (χ3v) is 4.39. The van der Waals surface area contributed by atoms with E-state index >= 15 is 0 Å². The van der Waals surface area contributed by atoms with Crippen molar-refractivity contribution in [3.63, 3.8) is 0 Å². The predicted molar refractivity (Wildman–Crippen MR) is 88.6 cm³/mol. The van der Waals surface area contributed by atoms with Crippen molar-refractivity contribution in [1.29, 1.82) is 0 Å². The number of nitrogens with zero attached hydrogens (tertiary/aromatic N) is 3. The first-order chi connectivity index (χ1) is 9.97. The molecule has 0 unspecified atom stereocenters. The molecule has 2 rings (SSSR count). The fourth-order valence-electron chi connectivity index (χ4n) is 1.82. The van der Waals surface area contributed by atoms with Crippen LogP contribution < -0.4 is 5.32 Å². The summed E-state index contributed by atoms with van der Waals surface area (Å²) in [4.78, 5) is 11.9. The van der Waals surface area contributed by atoms with Crippen LogP contribution >= 0.6 is 27.7 Å². The monoisotopic (exact) mass is 368 g/mol. The smallest absolute Gasteiger partial charge is 0.234 e. The summed E-state index contributed by atoms with van der Waals surface area (Å²) in [5.41, 5.74) is 0.782. The normalized spacial score (nSPS) is 10.9. The van der Waals surface area contributed by atoms with Gasteiger partial charge in [0.25, 0.3) is 0 Å². The largest absolute Gasteiger partial charge is 0.325 e. The van der Waals surface area contributed by atoms with E-state index in [0.717, 1.165) is 21.1 Å². The molecule has 1 heterocycles. The van der Waals surface area contributed by atoms with Gasteiger partial charge in [0.15, 0.2) is 5.16 Å². The number of amides is 1. The summed E-state index contributed by atoms with van der Waals surface area (Å²) in [5, 5.41) is 11.9. The maximum atomic E-state index is 11.9. The van der Waals surface area contributed by atoms with Crippen molar-refractivity contribution in [2.24, 2.45) is 7.05 Å². The van der Waals surface area contributed by atoms with E-state index in [1.807, 2.05) is 35.9 Å². The molecule has 0 saturated carbocycles. The van der Waals surface area contributed by atoms with Crippen LogP contribution in [-0.4, -0.2) is 26.4 Å². The molecule has 0 saturated heterocycles. The molecule has 1 aromatic heterocycles. The minimum absolute atomic E-state index is 0.0589. The number of nitrogens with one attached hydrogen (secondary N) is 1. The molecule has 0 aliphatic carbocycles. The van der Waals surface area contributed by atoms with Gasteiger partial charge in [0.05, 0.1) is 5.75 Å². The second-order valence-corrected chi connectivity index (χ2v) is 6.76. The highest BCUT2D eigenvalue weighted by Crippen LogP contribution is 2.20. The summed E-state index contributed by atoms with van der Waals surface area (Å²) in [6.07, 6.45) is 0. The molecule has 0 radical (unpaired) electrons. The summed E-state index contributed by atoms with van der Waals surface area (Å²) in [7, 11) is 1.92. The van der Waals surface area contributed by atoms with Gasteiger partial charge >= 0.3 is 0 Å². The molecule has 1 aromatic carbocycles. The van der Waals surface area contributed by atoms with Crippen LogP contribution in [0.1, 0.15) is 25.6 Å². The van der Waals surface area contributed by atoms with Crippen LogP contribution in [0.25, 0.3) is 0 Å². The number of hydrogen-bond donors (Lipinski definition) is 1. The van der Waals surface area contributed by atoms with Gasteiger partial charge < -0.3 is 9.88 Å². The van der Waals surface area contributed by atoms with Crippen LogP contribution in [0, 0.1) is 0 Å². The summed E-state index contributed by atoms with van der Waals surface area (Å²) in [6, 6.07) is 7.48. The van der Waals surface area contributed by atoms with Gasteiger partial charge in [0.2, 0.25) is 5.91 Å². The summed E-state index contributed by atoms with van der Waals surface area (Å²) in [5.74, 6) is 1.48. The third kappa shape index (κ3) is 4.31. The Morgan fingerprint density at radius 2 is 2.00 bits per heavy atom. The lowest BCUT2D eigenvalue weighted by molar-refractivity contribution is -0.113. The van der Waals surface area contributed by atoms with Crippen molar-refractivity contribution < 1.29 is 4.79 Å². The van der Waals surface area contributed by atoms with Crippen LogP contribution in [-0.2, 0) is 11.8 Å². The number of hydrogen-bond acceptors (Lipinski definition) is 4. The average Bonchev–Trinajstić information content (AvgIpc) is 2.80. The van der Waals surface area contributed by atoms with E-state index in [1.165, 1.54) is 11.8 Å². The highest BCUT2D eigenvalue weighted by atomic mass is 79.9. The van der Waals surface area contributed by atoms with Crippen molar-refractivity contribution >= 4 is 39.3 Å². The van der Waals surface area contributed by atoms with E-state index in [9.17, 15) is 4.79 Å². The molecule has 21 heavy (non-hydrogen) atoms. The van der Waals surface area contributed by atoms with Crippen molar-refractivity contribution in [3.8, 4) is 0 Å². The number of carbonyl (C=O) groups is 1. The lowest BCUT2D eigenvalue weighted by Crippen LogP contribution is -2.14. The highest BCUT2D eigenvalue weighted by Gasteiger charge is 2.13. The number of thioether (sulfide) groups is 1. The Labute approximate surface area is 136 Å². The maximum Gasteiger partial charge on any atom is 0.234 e. The van der Waals surface area contributed by atoms with Gasteiger partial charge in [0, 0.05) is 23.1 Å². The number of anilines is 1. The minimum Gasteiger partial charge on any atom is -0.325 e. The van der Waals surface area contributed by atoms with Gasteiger partial charge in [-0.25, -0.2) is 0 Å². The van der Waals surface area contributed by atoms with E-state index in [4.69, 9.17) is 0 Å².